The van der Waals surface area contributed by atoms with Gasteiger partial charge in [-0.05, 0) is 48.7 Å². The lowest BCUT2D eigenvalue weighted by Crippen LogP contribution is -2.26. The maximum Gasteiger partial charge on any atom is 0.287 e. The standard InChI is InChI=1S/C22H23NO3/c1-3-17-9-11-19(12-10-17)25-15-20-13-14-21(26-20)22(24)23-16(2)18-7-5-4-6-8-18/h4-14,16H,3,15H2,1-2H3,(H,23,24). The van der Waals surface area contributed by atoms with Gasteiger partial charge >= 0.3 is 0 Å². The third-order valence-corrected chi connectivity index (χ3v) is 4.25. The van der Waals surface area contributed by atoms with Gasteiger partial charge in [-0.3, -0.25) is 4.79 Å². The maximum atomic E-state index is 12.3. The zero-order chi connectivity index (χ0) is 18.4. The molecule has 1 unspecified atom stereocenters. The van der Waals surface area contributed by atoms with Gasteiger partial charge in [0, 0.05) is 0 Å². The summed E-state index contributed by atoms with van der Waals surface area (Å²) in [4.78, 5) is 12.3. The van der Waals surface area contributed by atoms with Crippen LogP contribution in [-0.4, -0.2) is 5.91 Å². The molecule has 26 heavy (non-hydrogen) atoms. The molecule has 1 heterocycles. The molecule has 0 saturated heterocycles. The zero-order valence-electron chi connectivity index (χ0n) is 15.1. The minimum Gasteiger partial charge on any atom is -0.486 e. The van der Waals surface area contributed by atoms with Crippen LogP contribution < -0.4 is 10.1 Å². The van der Waals surface area contributed by atoms with Crippen molar-refractivity contribution in [3.8, 4) is 5.75 Å². The molecule has 1 N–H and O–H groups in total. The maximum absolute atomic E-state index is 12.3. The van der Waals surface area contributed by atoms with E-state index >= 15 is 0 Å². The molecule has 134 valence electrons. The van der Waals surface area contributed by atoms with Crippen LogP contribution in [0.2, 0.25) is 0 Å². The summed E-state index contributed by atoms with van der Waals surface area (Å²) in [7, 11) is 0. The summed E-state index contributed by atoms with van der Waals surface area (Å²) < 4.78 is 11.3. The summed E-state index contributed by atoms with van der Waals surface area (Å²) in [5.41, 5.74) is 2.31. The molecule has 1 atom stereocenters. The van der Waals surface area contributed by atoms with Crippen LogP contribution in [0.3, 0.4) is 0 Å². The fourth-order valence-electron chi connectivity index (χ4n) is 2.65. The molecule has 0 spiro atoms. The van der Waals surface area contributed by atoms with Crippen LogP contribution in [0.5, 0.6) is 5.75 Å². The molecule has 1 aromatic heterocycles. The molecule has 0 radical (unpaired) electrons. The fourth-order valence-corrected chi connectivity index (χ4v) is 2.65. The Hall–Kier alpha value is -3.01. The molecule has 1 amide bonds. The summed E-state index contributed by atoms with van der Waals surface area (Å²) in [6.07, 6.45) is 0.998. The van der Waals surface area contributed by atoms with E-state index in [0.29, 0.717) is 5.76 Å². The second-order valence-electron chi connectivity index (χ2n) is 6.16. The molecular weight excluding hydrogens is 326 g/mol. The topological polar surface area (TPSA) is 51.5 Å². The number of hydrogen-bond acceptors (Lipinski definition) is 3. The van der Waals surface area contributed by atoms with Crippen LogP contribution in [0.15, 0.2) is 71.1 Å². The largest absolute Gasteiger partial charge is 0.486 e. The van der Waals surface area contributed by atoms with E-state index in [-0.39, 0.29) is 24.3 Å². The van der Waals surface area contributed by atoms with Crippen molar-refractivity contribution in [2.45, 2.75) is 32.9 Å². The molecule has 3 rings (SSSR count). The molecule has 2 aromatic carbocycles. The van der Waals surface area contributed by atoms with Crippen molar-refractivity contribution in [3.63, 3.8) is 0 Å². The summed E-state index contributed by atoms with van der Waals surface area (Å²) in [6, 6.07) is 21.1. The van der Waals surface area contributed by atoms with E-state index in [0.717, 1.165) is 17.7 Å². The van der Waals surface area contributed by atoms with Crippen LogP contribution in [-0.2, 0) is 13.0 Å². The minimum absolute atomic E-state index is 0.0921. The monoisotopic (exact) mass is 349 g/mol. The van der Waals surface area contributed by atoms with E-state index in [9.17, 15) is 4.79 Å². The molecule has 0 bridgehead atoms. The van der Waals surface area contributed by atoms with Gasteiger partial charge in [-0.1, -0.05) is 49.4 Å². The second-order valence-corrected chi connectivity index (χ2v) is 6.16. The number of aryl methyl sites for hydroxylation is 1. The van der Waals surface area contributed by atoms with Gasteiger partial charge in [-0.2, -0.15) is 0 Å². The highest BCUT2D eigenvalue weighted by Crippen LogP contribution is 2.17. The number of carbonyl (C=O) groups is 1. The lowest BCUT2D eigenvalue weighted by molar-refractivity contribution is 0.0907. The number of carbonyl (C=O) groups excluding carboxylic acids is 1. The Morgan fingerprint density at radius 3 is 2.46 bits per heavy atom. The lowest BCUT2D eigenvalue weighted by atomic mass is 10.1. The summed E-state index contributed by atoms with van der Waals surface area (Å²) in [6.45, 7) is 4.34. The third-order valence-electron chi connectivity index (χ3n) is 4.25. The van der Waals surface area contributed by atoms with Gasteiger partial charge in [-0.15, -0.1) is 0 Å². The Morgan fingerprint density at radius 1 is 1.04 bits per heavy atom. The molecule has 0 fully saturated rings. The van der Waals surface area contributed by atoms with Crippen LogP contribution in [0.1, 0.15) is 47.3 Å². The SMILES string of the molecule is CCc1ccc(OCc2ccc(C(=O)NC(C)c3ccccc3)o2)cc1. The highest BCUT2D eigenvalue weighted by Gasteiger charge is 2.15. The Bertz CT molecular complexity index is 837. The molecule has 4 nitrogen and oxygen atoms in total. The average molecular weight is 349 g/mol. The van der Waals surface area contributed by atoms with Gasteiger partial charge in [0.2, 0.25) is 0 Å². The molecule has 0 aliphatic carbocycles. The van der Waals surface area contributed by atoms with E-state index in [2.05, 4.69) is 12.2 Å². The van der Waals surface area contributed by atoms with E-state index in [1.54, 1.807) is 12.1 Å². The fraction of sp³-hybridized carbons (Fsp3) is 0.227. The zero-order valence-corrected chi connectivity index (χ0v) is 15.1. The minimum atomic E-state index is -0.236. The van der Waals surface area contributed by atoms with Gasteiger partial charge in [0.15, 0.2) is 5.76 Å². The number of nitrogens with one attached hydrogen (secondary N) is 1. The number of rotatable bonds is 7. The van der Waals surface area contributed by atoms with Gasteiger partial charge < -0.3 is 14.5 Å². The number of ether oxygens (including phenoxy) is 1. The summed E-state index contributed by atoms with van der Waals surface area (Å²) in [5, 5.41) is 2.94. The van der Waals surface area contributed by atoms with Crippen molar-refractivity contribution >= 4 is 5.91 Å². The van der Waals surface area contributed by atoms with E-state index < -0.39 is 0 Å². The number of furan rings is 1. The van der Waals surface area contributed by atoms with Gasteiger partial charge in [0.1, 0.15) is 18.1 Å². The molecule has 0 aliphatic rings. The number of amides is 1. The van der Waals surface area contributed by atoms with Gasteiger partial charge in [0.05, 0.1) is 6.04 Å². The average Bonchev–Trinajstić information content (AvgIpc) is 3.16. The van der Waals surface area contributed by atoms with Crippen LogP contribution in [0, 0.1) is 0 Å². The van der Waals surface area contributed by atoms with Crippen molar-refractivity contribution in [1.29, 1.82) is 0 Å². The first-order valence-corrected chi connectivity index (χ1v) is 8.82. The predicted molar refractivity (Wildman–Crippen MR) is 101 cm³/mol. The highest BCUT2D eigenvalue weighted by atomic mass is 16.5. The van der Waals surface area contributed by atoms with Crippen molar-refractivity contribution < 1.29 is 13.9 Å². The van der Waals surface area contributed by atoms with Crippen molar-refractivity contribution in [2.24, 2.45) is 0 Å². The van der Waals surface area contributed by atoms with E-state index in [4.69, 9.17) is 9.15 Å². The Labute approximate surface area is 153 Å². The molecule has 0 aliphatic heterocycles. The lowest BCUT2D eigenvalue weighted by Gasteiger charge is -2.13. The molecular formula is C22H23NO3. The van der Waals surface area contributed by atoms with Crippen molar-refractivity contribution in [1.82, 2.24) is 5.32 Å². The Morgan fingerprint density at radius 2 is 1.77 bits per heavy atom. The second kappa shape index (κ2) is 8.39. The van der Waals surface area contributed by atoms with Crippen LogP contribution in [0.4, 0.5) is 0 Å². The van der Waals surface area contributed by atoms with Gasteiger partial charge in [-0.25, -0.2) is 0 Å². The number of benzene rings is 2. The quantitative estimate of drug-likeness (QED) is 0.659. The van der Waals surface area contributed by atoms with E-state index in [1.165, 1.54) is 5.56 Å². The van der Waals surface area contributed by atoms with Crippen LogP contribution >= 0.6 is 0 Å². The Kier molecular flexibility index (Phi) is 5.74. The predicted octanol–water partition coefficient (Wildman–Crippen LogP) is 4.91. The third kappa shape index (κ3) is 4.54. The first kappa shape index (κ1) is 17.8. The molecule has 0 saturated carbocycles. The van der Waals surface area contributed by atoms with Crippen LogP contribution in [0.25, 0.3) is 0 Å². The summed E-state index contributed by atoms with van der Waals surface area (Å²) in [5.74, 6) is 1.44. The normalized spacial score (nSPS) is 11.8. The smallest absolute Gasteiger partial charge is 0.287 e. The molecule has 4 heteroatoms. The number of hydrogen-bond donors (Lipinski definition) is 1. The highest BCUT2D eigenvalue weighted by molar-refractivity contribution is 5.91. The molecule has 3 aromatic rings. The van der Waals surface area contributed by atoms with Crippen molar-refractivity contribution in [2.75, 3.05) is 0 Å². The Balaban J connectivity index is 1.55. The summed E-state index contributed by atoms with van der Waals surface area (Å²) >= 11 is 0. The van der Waals surface area contributed by atoms with E-state index in [1.807, 2.05) is 61.5 Å². The first-order valence-electron chi connectivity index (χ1n) is 8.82. The van der Waals surface area contributed by atoms with Gasteiger partial charge in [0.25, 0.3) is 5.91 Å². The van der Waals surface area contributed by atoms with Crippen molar-refractivity contribution in [3.05, 3.63) is 89.4 Å². The first-order chi connectivity index (χ1) is 12.7.